The zero-order valence-electron chi connectivity index (χ0n) is 11.1. The number of nitrogens with two attached hydrogens (primary N) is 1. The molecular formula is C13H19BrN2O3. The molecule has 0 radical (unpaired) electrons. The van der Waals surface area contributed by atoms with Crippen molar-refractivity contribution in [2.45, 2.75) is 19.4 Å². The van der Waals surface area contributed by atoms with Crippen molar-refractivity contribution in [1.29, 1.82) is 0 Å². The van der Waals surface area contributed by atoms with Gasteiger partial charge in [-0.05, 0) is 25.5 Å². The van der Waals surface area contributed by atoms with Gasteiger partial charge < -0.3 is 20.5 Å². The maximum absolute atomic E-state index is 11.8. The van der Waals surface area contributed by atoms with Crippen LogP contribution in [0.1, 0.15) is 13.3 Å². The Morgan fingerprint density at radius 3 is 2.84 bits per heavy atom. The third-order valence-electron chi connectivity index (χ3n) is 2.40. The van der Waals surface area contributed by atoms with Gasteiger partial charge in [-0.2, -0.15) is 0 Å². The van der Waals surface area contributed by atoms with Crippen LogP contribution in [0.25, 0.3) is 0 Å². The number of rotatable bonds is 7. The molecule has 0 fully saturated rings. The third kappa shape index (κ3) is 5.94. The van der Waals surface area contributed by atoms with Crippen LogP contribution in [0.4, 0.5) is 5.69 Å². The van der Waals surface area contributed by atoms with Crippen LogP contribution in [-0.4, -0.2) is 32.3 Å². The van der Waals surface area contributed by atoms with Crippen molar-refractivity contribution in [1.82, 2.24) is 5.32 Å². The normalized spacial score (nSPS) is 11.9. The minimum atomic E-state index is -0.573. The van der Waals surface area contributed by atoms with E-state index in [0.29, 0.717) is 24.6 Å². The van der Waals surface area contributed by atoms with Crippen molar-refractivity contribution >= 4 is 27.5 Å². The number of carbonyl (C=O) groups is 1. The molecule has 106 valence electrons. The van der Waals surface area contributed by atoms with Crippen molar-refractivity contribution in [3.8, 4) is 5.75 Å². The minimum absolute atomic E-state index is 0.158. The fraction of sp³-hybridized carbons (Fsp3) is 0.462. The summed E-state index contributed by atoms with van der Waals surface area (Å²) >= 11 is 3.32. The SMILES string of the molecule is COCCCNC(=O)C(C)Oc1cc(N)cc(Br)c1. The summed E-state index contributed by atoms with van der Waals surface area (Å²) in [6.45, 7) is 2.89. The van der Waals surface area contributed by atoms with Gasteiger partial charge in [-0.3, -0.25) is 4.79 Å². The molecule has 0 aliphatic carbocycles. The number of anilines is 1. The fourth-order valence-electron chi connectivity index (χ4n) is 1.48. The predicted octanol–water partition coefficient (Wildman–Crippen LogP) is 1.95. The van der Waals surface area contributed by atoms with E-state index in [4.69, 9.17) is 15.2 Å². The summed E-state index contributed by atoms with van der Waals surface area (Å²) in [5.74, 6) is 0.404. The first-order valence-corrected chi connectivity index (χ1v) is 6.81. The lowest BCUT2D eigenvalue weighted by Gasteiger charge is -2.15. The number of methoxy groups -OCH3 is 1. The van der Waals surface area contributed by atoms with Gasteiger partial charge in [0.15, 0.2) is 6.10 Å². The van der Waals surface area contributed by atoms with Crippen LogP contribution < -0.4 is 15.8 Å². The summed E-state index contributed by atoms with van der Waals surface area (Å²) in [7, 11) is 1.63. The van der Waals surface area contributed by atoms with Crippen molar-refractivity contribution in [3.05, 3.63) is 22.7 Å². The van der Waals surface area contributed by atoms with Crippen LogP contribution in [0.3, 0.4) is 0 Å². The second kappa shape index (κ2) is 8.01. The second-order valence-corrected chi connectivity index (χ2v) is 5.03. The average molecular weight is 331 g/mol. The van der Waals surface area contributed by atoms with Gasteiger partial charge in [0.25, 0.3) is 5.91 Å². The Hall–Kier alpha value is -1.27. The molecule has 19 heavy (non-hydrogen) atoms. The molecule has 1 aromatic carbocycles. The number of carbonyl (C=O) groups excluding carboxylic acids is 1. The zero-order valence-corrected chi connectivity index (χ0v) is 12.7. The van der Waals surface area contributed by atoms with E-state index in [0.717, 1.165) is 10.9 Å². The van der Waals surface area contributed by atoms with Crippen LogP contribution in [0.5, 0.6) is 5.75 Å². The van der Waals surface area contributed by atoms with Crippen LogP contribution in [-0.2, 0) is 9.53 Å². The largest absolute Gasteiger partial charge is 0.481 e. The lowest BCUT2D eigenvalue weighted by molar-refractivity contribution is -0.127. The van der Waals surface area contributed by atoms with E-state index in [1.54, 1.807) is 32.2 Å². The van der Waals surface area contributed by atoms with Gasteiger partial charge in [0, 0.05) is 36.5 Å². The highest BCUT2D eigenvalue weighted by Crippen LogP contribution is 2.23. The molecule has 0 saturated carbocycles. The Labute approximate surface area is 121 Å². The molecule has 0 saturated heterocycles. The fourth-order valence-corrected chi connectivity index (χ4v) is 1.97. The van der Waals surface area contributed by atoms with Gasteiger partial charge in [-0.15, -0.1) is 0 Å². The van der Waals surface area contributed by atoms with Crippen LogP contribution >= 0.6 is 15.9 Å². The molecule has 1 atom stereocenters. The number of nitrogen functional groups attached to an aromatic ring is 1. The maximum Gasteiger partial charge on any atom is 0.260 e. The molecule has 0 aromatic heterocycles. The van der Waals surface area contributed by atoms with E-state index in [2.05, 4.69) is 21.2 Å². The average Bonchev–Trinajstić information content (AvgIpc) is 2.33. The summed E-state index contributed by atoms with van der Waals surface area (Å²) in [6.07, 6.45) is 0.204. The monoisotopic (exact) mass is 330 g/mol. The predicted molar refractivity (Wildman–Crippen MR) is 78.1 cm³/mol. The van der Waals surface area contributed by atoms with E-state index in [1.165, 1.54) is 0 Å². The van der Waals surface area contributed by atoms with E-state index >= 15 is 0 Å². The molecule has 0 aliphatic heterocycles. The summed E-state index contributed by atoms with van der Waals surface area (Å²) in [6, 6.07) is 5.22. The quantitative estimate of drug-likeness (QED) is 0.592. The van der Waals surface area contributed by atoms with Crippen molar-refractivity contribution < 1.29 is 14.3 Å². The second-order valence-electron chi connectivity index (χ2n) is 4.12. The molecule has 0 heterocycles. The molecular weight excluding hydrogens is 312 g/mol. The van der Waals surface area contributed by atoms with E-state index in [9.17, 15) is 4.79 Å². The molecule has 1 unspecified atom stereocenters. The molecule has 1 amide bonds. The smallest absolute Gasteiger partial charge is 0.260 e. The van der Waals surface area contributed by atoms with Crippen LogP contribution in [0.15, 0.2) is 22.7 Å². The third-order valence-corrected chi connectivity index (χ3v) is 2.86. The van der Waals surface area contributed by atoms with Crippen LogP contribution in [0.2, 0.25) is 0 Å². The van der Waals surface area contributed by atoms with Gasteiger partial charge in [-0.25, -0.2) is 0 Å². The molecule has 0 aliphatic rings. The Bertz CT molecular complexity index is 406. The summed E-state index contributed by atoms with van der Waals surface area (Å²) in [5.41, 5.74) is 6.28. The van der Waals surface area contributed by atoms with E-state index in [1.807, 2.05) is 0 Å². The molecule has 0 spiro atoms. The molecule has 6 heteroatoms. The zero-order chi connectivity index (χ0) is 14.3. The summed E-state index contributed by atoms with van der Waals surface area (Å²) < 4.78 is 11.3. The summed E-state index contributed by atoms with van der Waals surface area (Å²) in [5, 5.41) is 2.78. The number of hydrogen-bond donors (Lipinski definition) is 2. The number of benzene rings is 1. The Kier molecular flexibility index (Phi) is 6.66. The number of amides is 1. The Morgan fingerprint density at radius 1 is 1.47 bits per heavy atom. The molecule has 0 bridgehead atoms. The first-order chi connectivity index (χ1) is 9.02. The van der Waals surface area contributed by atoms with Gasteiger partial charge in [0.1, 0.15) is 5.75 Å². The highest BCUT2D eigenvalue weighted by molar-refractivity contribution is 9.10. The maximum atomic E-state index is 11.8. The van der Waals surface area contributed by atoms with Gasteiger partial charge in [0.2, 0.25) is 0 Å². The van der Waals surface area contributed by atoms with Gasteiger partial charge in [-0.1, -0.05) is 15.9 Å². The first-order valence-electron chi connectivity index (χ1n) is 6.02. The van der Waals surface area contributed by atoms with Crippen molar-refractivity contribution in [2.24, 2.45) is 0 Å². The minimum Gasteiger partial charge on any atom is -0.481 e. The highest BCUT2D eigenvalue weighted by atomic mass is 79.9. The lowest BCUT2D eigenvalue weighted by atomic mass is 10.3. The van der Waals surface area contributed by atoms with Gasteiger partial charge >= 0.3 is 0 Å². The van der Waals surface area contributed by atoms with Gasteiger partial charge in [0.05, 0.1) is 0 Å². The van der Waals surface area contributed by atoms with Crippen molar-refractivity contribution in [3.63, 3.8) is 0 Å². The number of ether oxygens (including phenoxy) is 2. The number of hydrogen-bond acceptors (Lipinski definition) is 4. The number of halogens is 1. The topological polar surface area (TPSA) is 73.6 Å². The Morgan fingerprint density at radius 2 is 2.21 bits per heavy atom. The van der Waals surface area contributed by atoms with E-state index in [-0.39, 0.29) is 5.91 Å². The standard InChI is InChI=1S/C13H19BrN2O3/c1-9(13(17)16-4-3-5-18-2)19-12-7-10(14)6-11(15)8-12/h6-9H,3-5,15H2,1-2H3,(H,16,17). The Balaban J connectivity index is 2.44. The van der Waals surface area contributed by atoms with E-state index < -0.39 is 6.10 Å². The highest BCUT2D eigenvalue weighted by Gasteiger charge is 2.14. The molecule has 3 N–H and O–H groups in total. The van der Waals surface area contributed by atoms with Crippen molar-refractivity contribution in [2.75, 3.05) is 26.0 Å². The molecule has 1 rings (SSSR count). The molecule has 1 aromatic rings. The summed E-state index contributed by atoms with van der Waals surface area (Å²) in [4.78, 5) is 11.8. The number of nitrogens with one attached hydrogen (secondary N) is 1. The first kappa shape index (κ1) is 15.8. The van der Waals surface area contributed by atoms with Crippen LogP contribution in [0, 0.1) is 0 Å². The molecule has 5 nitrogen and oxygen atoms in total. The lowest BCUT2D eigenvalue weighted by Crippen LogP contribution is -2.37.